The van der Waals surface area contributed by atoms with Crippen LogP contribution in [0.4, 0.5) is 8.78 Å². The zero-order chi connectivity index (χ0) is 11.4. The number of hydrogen-bond acceptors (Lipinski definition) is 2. The minimum absolute atomic E-state index is 0.0258. The lowest BCUT2D eigenvalue weighted by atomic mass is 10.2. The molecule has 5 heteroatoms. The summed E-state index contributed by atoms with van der Waals surface area (Å²) in [6.45, 7) is 3.31. The van der Waals surface area contributed by atoms with Crippen molar-refractivity contribution in [1.29, 1.82) is 0 Å². The molecule has 80 valence electrons. The molecule has 0 N–H and O–H groups in total. The first-order valence-electron chi connectivity index (χ1n) is 3.99. The molecule has 0 bridgehead atoms. The fourth-order valence-electron chi connectivity index (χ4n) is 0.954. The molecule has 0 aliphatic carbocycles. The van der Waals surface area contributed by atoms with Gasteiger partial charge in [0.1, 0.15) is 6.61 Å². The highest BCUT2D eigenvalue weighted by Gasteiger charge is 2.14. The Kier molecular flexibility index (Phi) is 3.80. The van der Waals surface area contributed by atoms with Crippen LogP contribution >= 0.6 is 11.6 Å². The van der Waals surface area contributed by atoms with E-state index in [0.717, 1.165) is 12.1 Å². The van der Waals surface area contributed by atoms with Crippen molar-refractivity contribution in [3.8, 4) is 5.75 Å². The van der Waals surface area contributed by atoms with Gasteiger partial charge in [0.2, 0.25) is 0 Å². The average molecular weight is 233 g/mol. The molecule has 1 rings (SSSR count). The molecule has 1 aromatic rings. The molecule has 0 aliphatic rings. The van der Waals surface area contributed by atoms with Gasteiger partial charge < -0.3 is 4.74 Å². The van der Waals surface area contributed by atoms with Gasteiger partial charge >= 0.3 is 0 Å². The largest absolute Gasteiger partial charge is 0.483 e. The average Bonchev–Trinajstić information content (AvgIpc) is 2.16. The molecule has 0 saturated carbocycles. The Morgan fingerprint density at radius 3 is 2.40 bits per heavy atom. The fourth-order valence-corrected chi connectivity index (χ4v) is 1.06. The number of hydrogen-bond donors (Lipinski definition) is 0. The quantitative estimate of drug-likeness (QED) is 0.589. The third-order valence-corrected chi connectivity index (χ3v) is 1.79. The first-order valence-corrected chi connectivity index (χ1v) is 4.36. The van der Waals surface area contributed by atoms with Crippen LogP contribution in [-0.2, 0) is 0 Å². The van der Waals surface area contributed by atoms with E-state index in [4.69, 9.17) is 16.3 Å². The van der Waals surface area contributed by atoms with Gasteiger partial charge in [-0.25, -0.2) is 8.78 Å². The van der Waals surface area contributed by atoms with Crippen LogP contribution < -0.4 is 4.74 Å². The van der Waals surface area contributed by atoms with Gasteiger partial charge in [-0.1, -0.05) is 12.7 Å². The molecule has 0 unspecified atom stereocenters. The highest BCUT2D eigenvalue weighted by Crippen LogP contribution is 2.24. The predicted molar refractivity (Wildman–Crippen MR) is 52.2 cm³/mol. The van der Waals surface area contributed by atoms with Crippen molar-refractivity contribution in [2.75, 3.05) is 6.61 Å². The Hall–Kier alpha value is -1.42. The minimum atomic E-state index is -0.971. The van der Waals surface area contributed by atoms with Crippen molar-refractivity contribution in [3.05, 3.63) is 42.0 Å². The topological polar surface area (TPSA) is 26.3 Å². The summed E-state index contributed by atoms with van der Waals surface area (Å²) in [5.41, 5.74) is -0.252. The lowest BCUT2D eigenvalue weighted by Crippen LogP contribution is -2.01. The second kappa shape index (κ2) is 4.89. The SMILES string of the molecule is C=CCOc1c(F)cc(C(=O)Cl)cc1F. The van der Waals surface area contributed by atoms with Crippen LogP contribution in [0.5, 0.6) is 5.75 Å². The van der Waals surface area contributed by atoms with Crippen LogP contribution in [0.25, 0.3) is 0 Å². The molecule has 1 aromatic carbocycles. The number of halogens is 3. The van der Waals surface area contributed by atoms with Crippen molar-refractivity contribution in [3.63, 3.8) is 0 Å². The lowest BCUT2D eigenvalue weighted by Gasteiger charge is -2.06. The van der Waals surface area contributed by atoms with Gasteiger partial charge in [-0.15, -0.1) is 0 Å². The maximum Gasteiger partial charge on any atom is 0.252 e. The van der Waals surface area contributed by atoms with E-state index < -0.39 is 22.6 Å². The Labute approximate surface area is 90.1 Å². The summed E-state index contributed by atoms with van der Waals surface area (Å²) in [6, 6.07) is 1.63. The van der Waals surface area contributed by atoms with Gasteiger partial charge in [0.25, 0.3) is 5.24 Å². The third kappa shape index (κ3) is 2.76. The zero-order valence-electron chi connectivity index (χ0n) is 7.60. The van der Waals surface area contributed by atoms with E-state index in [-0.39, 0.29) is 12.2 Å². The fraction of sp³-hybridized carbons (Fsp3) is 0.100. The number of carbonyl (C=O) groups excluding carboxylic acids is 1. The molecule has 0 aliphatic heterocycles. The summed E-state index contributed by atoms with van der Waals surface area (Å²) in [5.74, 6) is -2.49. The standard InChI is InChI=1S/C10H7ClF2O2/c1-2-3-15-9-7(12)4-6(10(11)14)5-8(9)13/h2,4-5H,1,3H2. The Morgan fingerprint density at radius 1 is 1.47 bits per heavy atom. The molecule has 0 aromatic heterocycles. The minimum Gasteiger partial charge on any atom is -0.483 e. The maximum absolute atomic E-state index is 13.2. The van der Waals surface area contributed by atoms with E-state index in [2.05, 4.69) is 6.58 Å². The lowest BCUT2D eigenvalue weighted by molar-refractivity contribution is 0.108. The van der Waals surface area contributed by atoms with Crippen molar-refractivity contribution in [2.24, 2.45) is 0 Å². The second-order valence-corrected chi connectivity index (χ2v) is 2.99. The highest BCUT2D eigenvalue weighted by molar-refractivity contribution is 6.67. The summed E-state index contributed by atoms with van der Waals surface area (Å²) in [4.78, 5) is 10.7. The maximum atomic E-state index is 13.2. The van der Waals surface area contributed by atoms with Crippen LogP contribution in [-0.4, -0.2) is 11.8 Å². The molecule has 0 spiro atoms. The molecule has 0 radical (unpaired) electrons. The smallest absolute Gasteiger partial charge is 0.252 e. The van der Waals surface area contributed by atoms with Gasteiger partial charge in [-0.3, -0.25) is 4.79 Å². The molecule has 15 heavy (non-hydrogen) atoms. The van der Waals surface area contributed by atoms with E-state index in [9.17, 15) is 13.6 Å². The van der Waals surface area contributed by atoms with Gasteiger partial charge in [-0.2, -0.15) is 0 Å². The molecule has 0 heterocycles. The van der Waals surface area contributed by atoms with Crippen molar-refractivity contribution < 1.29 is 18.3 Å². The number of rotatable bonds is 4. The van der Waals surface area contributed by atoms with Crippen LogP contribution in [0.15, 0.2) is 24.8 Å². The molecule has 2 nitrogen and oxygen atoms in total. The van der Waals surface area contributed by atoms with E-state index >= 15 is 0 Å². The molecule has 0 saturated heterocycles. The monoisotopic (exact) mass is 232 g/mol. The van der Waals surface area contributed by atoms with Crippen molar-refractivity contribution in [1.82, 2.24) is 0 Å². The molecule has 0 fully saturated rings. The van der Waals surface area contributed by atoms with E-state index in [1.807, 2.05) is 0 Å². The summed E-state index contributed by atoms with van der Waals surface area (Å²) in [5, 5.41) is -0.928. The number of carbonyl (C=O) groups is 1. The molecular weight excluding hydrogens is 226 g/mol. The number of ether oxygens (including phenoxy) is 1. The third-order valence-electron chi connectivity index (χ3n) is 1.57. The van der Waals surface area contributed by atoms with Crippen molar-refractivity contribution >= 4 is 16.8 Å². The Bertz CT molecular complexity index is 381. The summed E-state index contributed by atoms with van der Waals surface area (Å²) in [7, 11) is 0. The second-order valence-electron chi connectivity index (χ2n) is 2.64. The zero-order valence-corrected chi connectivity index (χ0v) is 8.35. The normalized spacial score (nSPS) is 9.80. The Morgan fingerprint density at radius 2 is 2.00 bits per heavy atom. The van der Waals surface area contributed by atoms with Gasteiger partial charge in [0, 0.05) is 5.56 Å². The molecular formula is C10H7ClF2O2. The number of benzene rings is 1. The Balaban J connectivity index is 3.09. The van der Waals surface area contributed by atoms with Crippen LogP contribution in [0, 0.1) is 11.6 Å². The van der Waals surface area contributed by atoms with Gasteiger partial charge in [0.15, 0.2) is 17.4 Å². The first-order chi connectivity index (χ1) is 7.06. The van der Waals surface area contributed by atoms with E-state index in [0.29, 0.717) is 0 Å². The van der Waals surface area contributed by atoms with Crippen LogP contribution in [0.1, 0.15) is 10.4 Å². The van der Waals surface area contributed by atoms with E-state index in [1.165, 1.54) is 6.08 Å². The van der Waals surface area contributed by atoms with E-state index in [1.54, 1.807) is 0 Å². The highest BCUT2D eigenvalue weighted by atomic mass is 35.5. The summed E-state index contributed by atoms with van der Waals surface area (Å²) in [6.07, 6.45) is 1.35. The molecule has 0 atom stereocenters. The summed E-state index contributed by atoms with van der Waals surface area (Å²) < 4.78 is 31.1. The van der Waals surface area contributed by atoms with Gasteiger partial charge in [-0.05, 0) is 23.7 Å². The van der Waals surface area contributed by atoms with Crippen LogP contribution in [0.3, 0.4) is 0 Å². The summed E-state index contributed by atoms with van der Waals surface area (Å²) >= 11 is 5.07. The van der Waals surface area contributed by atoms with Crippen LogP contribution in [0.2, 0.25) is 0 Å². The van der Waals surface area contributed by atoms with Crippen molar-refractivity contribution in [2.45, 2.75) is 0 Å². The molecule has 0 amide bonds. The predicted octanol–water partition coefficient (Wildman–Crippen LogP) is 2.91. The van der Waals surface area contributed by atoms with Gasteiger partial charge in [0.05, 0.1) is 0 Å². The first kappa shape index (κ1) is 11.7.